The summed E-state index contributed by atoms with van der Waals surface area (Å²) < 4.78 is 0. The van der Waals surface area contributed by atoms with Gasteiger partial charge in [-0.3, -0.25) is 9.78 Å². The Morgan fingerprint density at radius 2 is 1.91 bits per heavy atom. The highest BCUT2D eigenvalue weighted by Crippen LogP contribution is 2.34. The van der Waals surface area contributed by atoms with E-state index in [1.54, 1.807) is 0 Å². The zero-order valence-corrected chi connectivity index (χ0v) is 13.7. The summed E-state index contributed by atoms with van der Waals surface area (Å²) in [5, 5.41) is 2.97. The fourth-order valence-corrected chi connectivity index (χ4v) is 3.62. The van der Waals surface area contributed by atoms with Crippen LogP contribution in [-0.2, 0) is 13.0 Å². The molecule has 0 atom stereocenters. The summed E-state index contributed by atoms with van der Waals surface area (Å²) in [7, 11) is 0. The minimum Gasteiger partial charge on any atom is -0.365 e. The molecule has 2 heterocycles. The Hall–Kier alpha value is -2.04. The van der Waals surface area contributed by atoms with Crippen LogP contribution in [0.1, 0.15) is 11.3 Å². The van der Waals surface area contributed by atoms with Crippen molar-refractivity contribution in [2.24, 2.45) is 0 Å². The first kappa shape index (κ1) is 14.5. The molecule has 0 unspecified atom stereocenters. The van der Waals surface area contributed by atoms with Gasteiger partial charge in [-0.2, -0.15) is 0 Å². The molecule has 116 valence electrons. The largest absolute Gasteiger partial charge is 0.365 e. The van der Waals surface area contributed by atoms with Crippen molar-refractivity contribution in [3.8, 4) is 0 Å². The van der Waals surface area contributed by atoms with Crippen LogP contribution in [0.2, 0.25) is 10.3 Å². The summed E-state index contributed by atoms with van der Waals surface area (Å²) in [5.41, 5.74) is 2.36. The summed E-state index contributed by atoms with van der Waals surface area (Å²) >= 11 is 12.3. The van der Waals surface area contributed by atoms with E-state index in [1.807, 2.05) is 36.4 Å². The number of aromatic amines is 1. The van der Waals surface area contributed by atoms with Crippen LogP contribution in [0.3, 0.4) is 0 Å². The molecule has 0 spiro atoms. The number of rotatable bonds is 1. The first-order chi connectivity index (χ1) is 11.1. The maximum atomic E-state index is 12.0. The first-order valence-electron chi connectivity index (χ1n) is 7.33. The molecule has 1 aliphatic heterocycles. The van der Waals surface area contributed by atoms with Gasteiger partial charge in [0.25, 0.3) is 5.56 Å². The van der Waals surface area contributed by atoms with Crippen molar-refractivity contribution in [1.29, 1.82) is 0 Å². The average molecular weight is 346 g/mol. The molecular formula is C17H13Cl2N3O. The lowest BCUT2D eigenvalue weighted by Gasteiger charge is -2.30. The minimum atomic E-state index is -0.143. The topological polar surface area (TPSA) is 49.0 Å². The third-order valence-electron chi connectivity index (χ3n) is 4.22. The van der Waals surface area contributed by atoms with E-state index in [0.29, 0.717) is 13.0 Å². The van der Waals surface area contributed by atoms with Crippen LogP contribution < -0.4 is 10.5 Å². The molecule has 0 bridgehead atoms. The number of halogens is 2. The highest BCUT2D eigenvalue weighted by atomic mass is 35.5. The number of benzene rings is 2. The van der Waals surface area contributed by atoms with Crippen molar-refractivity contribution >= 4 is 39.7 Å². The van der Waals surface area contributed by atoms with Gasteiger partial charge in [0.05, 0.1) is 17.3 Å². The molecule has 1 N–H and O–H groups in total. The van der Waals surface area contributed by atoms with E-state index in [1.165, 1.54) is 0 Å². The fraction of sp³-hybridized carbons (Fsp3) is 0.176. The smallest absolute Gasteiger partial charge is 0.255 e. The van der Waals surface area contributed by atoms with Crippen LogP contribution in [0.25, 0.3) is 10.8 Å². The third-order valence-corrected chi connectivity index (χ3v) is 4.71. The molecule has 4 nitrogen and oxygen atoms in total. The average Bonchev–Trinajstić information content (AvgIpc) is 2.54. The first-order valence-corrected chi connectivity index (χ1v) is 8.09. The molecule has 0 aliphatic carbocycles. The van der Waals surface area contributed by atoms with Gasteiger partial charge in [-0.15, -0.1) is 0 Å². The molecule has 23 heavy (non-hydrogen) atoms. The van der Waals surface area contributed by atoms with E-state index >= 15 is 0 Å². The van der Waals surface area contributed by atoms with Gasteiger partial charge in [0.2, 0.25) is 5.28 Å². The summed E-state index contributed by atoms with van der Waals surface area (Å²) in [5.74, 6) is 0. The number of anilines is 1. The SMILES string of the molecule is O=c1[nH]c(Cl)nc2c1CCN(c1cccc3cccc(Cl)c13)C2. The van der Waals surface area contributed by atoms with E-state index in [-0.39, 0.29) is 10.8 Å². The molecular weight excluding hydrogens is 333 g/mol. The van der Waals surface area contributed by atoms with Crippen LogP contribution in [-0.4, -0.2) is 16.5 Å². The van der Waals surface area contributed by atoms with Crippen LogP contribution >= 0.6 is 23.2 Å². The second-order valence-corrected chi connectivity index (χ2v) is 6.33. The summed E-state index contributed by atoms with van der Waals surface area (Å²) in [6.07, 6.45) is 0.635. The van der Waals surface area contributed by atoms with Crippen molar-refractivity contribution < 1.29 is 0 Å². The number of hydrogen-bond acceptors (Lipinski definition) is 3. The molecule has 0 saturated heterocycles. The molecule has 0 fully saturated rings. The number of H-pyrrole nitrogens is 1. The van der Waals surface area contributed by atoms with Crippen LogP contribution in [0.15, 0.2) is 41.2 Å². The van der Waals surface area contributed by atoms with Gasteiger partial charge in [-0.05, 0) is 35.5 Å². The summed E-state index contributed by atoms with van der Waals surface area (Å²) in [4.78, 5) is 21.0. The molecule has 1 aliphatic rings. The van der Waals surface area contributed by atoms with E-state index in [2.05, 4.69) is 14.9 Å². The standard InChI is InChI=1S/C17H13Cl2N3O/c18-12-5-1-3-10-4-2-6-14(15(10)12)22-8-7-11-13(9-22)20-17(19)21-16(11)23/h1-6H,7-9H2,(H,20,21,23). The molecule has 0 saturated carbocycles. The van der Waals surface area contributed by atoms with Gasteiger partial charge >= 0.3 is 0 Å². The Labute approximate surface area is 142 Å². The van der Waals surface area contributed by atoms with Crippen molar-refractivity contribution in [1.82, 2.24) is 9.97 Å². The van der Waals surface area contributed by atoms with Gasteiger partial charge < -0.3 is 4.90 Å². The van der Waals surface area contributed by atoms with Gasteiger partial charge in [-0.1, -0.05) is 35.9 Å². The Kier molecular flexibility index (Phi) is 3.51. The van der Waals surface area contributed by atoms with Gasteiger partial charge in [0.1, 0.15) is 0 Å². The number of fused-ring (bicyclic) bond motifs is 2. The monoisotopic (exact) mass is 345 g/mol. The zero-order chi connectivity index (χ0) is 16.0. The molecule has 3 aromatic rings. The van der Waals surface area contributed by atoms with Gasteiger partial charge in [0.15, 0.2) is 0 Å². The molecule has 4 rings (SSSR count). The highest BCUT2D eigenvalue weighted by Gasteiger charge is 2.22. The van der Waals surface area contributed by atoms with Crippen molar-refractivity contribution in [2.75, 3.05) is 11.4 Å². The van der Waals surface area contributed by atoms with Gasteiger partial charge in [-0.25, -0.2) is 4.98 Å². The third kappa shape index (κ3) is 2.48. The summed E-state index contributed by atoms with van der Waals surface area (Å²) in [6.45, 7) is 1.28. The predicted molar refractivity (Wildman–Crippen MR) is 93.6 cm³/mol. The Bertz CT molecular complexity index is 962. The quantitative estimate of drug-likeness (QED) is 0.682. The highest BCUT2D eigenvalue weighted by molar-refractivity contribution is 6.36. The lowest BCUT2D eigenvalue weighted by molar-refractivity contribution is 0.699. The van der Waals surface area contributed by atoms with Crippen molar-refractivity contribution in [3.63, 3.8) is 0 Å². The Morgan fingerprint density at radius 1 is 1.13 bits per heavy atom. The zero-order valence-electron chi connectivity index (χ0n) is 12.1. The number of hydrogen-bond donors (Lipinski definition) is 1. The number of aromatic nitrogens is 2. The van der Waals surface area contributed by atoms with E-state index in [0.717, 1.165) is 39.3 Å². The van der Waals surface area contributed by atoms with Crippen molar-refractivity contribution in [3.05, 3.63) is 68.3 Å². The van der Waals surface area contributed by atoms with E-state index in [4.69, 9.17) is 23.2 Å². The molecule has 1 aromatic heterocycles. The Balaban J connectivity index is 1.83. The van der Waals surface area contributed by atoms with E-state index < -0.39 is 0 Å². The number of nitrogens with one attached hydrogen (secondary N) is 1. The van der Waals surface area contributed by atoms with E-state index in [9.17, 15) is 4.79 Å². The van der Waals surface area contributed by atoms with Crippen LogP contribution in [0.4, 0.5) is 5.69 Å². The molecule has 6 heteroatoms. The van der Waals surface area contributed by atoms with Gasteiger partial charge in [0, 0.05) is 23.2 Å². The minimum absolute atomic E-state index is 0.131. The second kappa shape index (κ2) is 5.55. The van der Waals surface area contributed by atoms with Crippen LogP contribution in [0.5, 0.6) is 0 Å². The fourth-order valence-electron chi connectivity index (χ4n) is 3.15. The lowest BCUT2D eigenvalue weighted by Crippen LogP contribution is -2.35. The maximum absolute atomic E-state index is 12.0. The summed E-state index contributed by atoms with van der Waals surface area (Å²) in [6, 6.07) is 12.0. The molecule has 0 amide bonds. The van der Waals surface area contributed by atoms with Crippen molar-refractivity contribution in [2.45, 2.75) is 13.0 Å². The normalized spacial score (nSPS) is 14.1. The molecule has 0 radical (unpaired) electrons. The second-order valence-electron chi connectivity index (χ2n) is 5.57. The van der Waals surface area contributed by atoms with Crippen LogP contribution in [0, 0.1) is 0 Å². The lowest BCUT2D eigenvalue weighted by atomic mass is 10.0. The molecule has 2 aromatic carbocycles. The predicted octanol–water partition coefficient (Wildman–Crippen LogP) is 3.79. The Morgan fingerprint density at radius 3 is 2.74 bits per heavy atom. The maximum Gasteiger partial charge on any atom is 0.255 e. The number of nitrogens with zero attached hydrogens (tertiary/aromatic N) is 2.